The van der Waals surface area contributed by atoms with Gasteiger partial charge in [-0.05, 0) is 18.5 Å². The summed E-state index contributed by atoms with van der Waals surface area (Å²) in [5.41, 5.74) is 0. The number of hydrogen-bond donors (Lipinski definition) is 0. The Kier molecular flexibility index (Phi) is 3.53. The fraction of sp³-hybridized carbons (Fsp3) is 0.429. The fourth-order valence-electron chi connectivity index (χ4n) is 0.611. The quantitative estimate of drug-likeness (QED) is 0.662. The molecule has 1 aromatic heterocycles. The summed E-state index contributed by atoms with van der Waals surface area (Å²) in [5.74, 6) is 0.0959. The van der Waals surface area contributed by atoms with Crippen molar-refractivity contribution in [1.29, 1.82) is 0 Å². The van der Waals surface area contributed by atoms with Crippen LogP contribution < -0.4 is 4.74 Å². The zero-order valence-electron chi connectivity index (χ0n) is 6.65. The monoisotopic (exact) mass is 187 g/mol. The molecular formula is C7H9NO3S. The third-order valence-electron chi connectivity index (χ3n) is 1.06. The highest BCUT2D eigenvalue weighted by Gasteiger charge is 2.02. The van der Waals surface area contributed by atoms with Crippen LogP contribution in [0.2, 0.25) is 0 Å². The van der Waals surface area contributed by atoms with Gasteiger partial charge in [0.25, 0.3) is 0 Å². The van der Waals surface area contributed by atoms with Gasteiger partial charge in [-0.3, -0.25) is 0 Å². The summed E-state index contributed by atoms with van der Waals surface area (Å²) in [5, 5.41) is 1.78. The molecule has 0 saturated carbocycles. The van der Waals surface area contributed by atoms with Crippen molar-refractivity contribution in [1.82, 2.24) is 4.37 Å². The van der Waals surface area contributed by atoms with Crippen molar-refractivity contribution in [2.45, 2.75) is 6.92 Å². The SMILES string of the molecule is CCOC(=O)COc1ccsn1. The molecule has 1 rings (SSSR count). The molecule has 0 amide bonds. The van der Waals surface area contributed by atoms with E-state index in [0.717, 1.165) is 0 Å². The van der Waals surface area contributed by atoms with Crippen molar-refractivity contribution in [3.05, 3.63) is 11.4 Å². The van der Waals surface area contributed by atoms with Crippen molar-refractivity contribution in [2.24, 2.45) is 0 Å². The minimum atomic E-state index is -0.370. The van der Waals surface area contributed by atoms with E-state index in [1.165, 1.54) is 11.5 Å². The van der Waals surface area contributed by atoms with Crippen LogP contribution in [-0.4, -0.2) is 23.6 Å². The molecule has 0 aliphatic rings. The maximum Gasteiger partial charge on any atom is 0.344 e. The summed E-state index contributed by atoms with van der Waals surface area (Å²) in [6.07, 6.45) is 0. The van der Waals surface area contributed by atoms with Gasteiger partial charge < -0.3 is 9.47 Å². The summed E-state index contributed by atoms with van der Waals surface area (Å²) < 4.78 is 13.5. The van der Waals surface area contributed by atoms with Gasteiger partial charge in [0.15, 0.2) is 6.61 Å². The summed E-state index contributed by atoms with van der Waals surface area (Å²) in [6, 6.07) is 1.70. The minimum absolute atomic E-state index is 0.0719. The second kappa shape index (κ2) is 4.71. The maximum atomic E-state index is 10.8. The van der Waals surface area contributed by atoms with Crippen LogP contribution in [-0.2, 0) is 9.53 Å². The van der Waals surface area contributed by atoms with E-state index in [4.69, 9.17) is 4.74 Å². The maximum absolute atomic E-state index is 10.8. The Balaban J connectivity index is 2.22. The predicted molar refractivity (Wildman–Crippen MR) is 44.2 cm³/mol. The highest BCUT2D eigenvalue weighted by Crippen LogP contribution is 2.08. The lowest BCUT2D eigenvalue weighted by Crippen LogP contribution is -2.14. The van der Waals surface area contributed by atoms with E-state index >= 15 is 0 Å². The molecular weight excluding hydrogens is 178 g/mol. The highest BCUT2D eigenvalue weighted by molar-refractivity contribution is 7.03. The van der Waals surface area contributed by atoms with E-state index in [1.807, 2.05) is 0 Å². The molecule has 0 saturated heterocycles. The second-order valence-corrected chi connectivity index (χ2v) is 2.60. The lowest BCUT2D eigenvalue weighted by Gasteiger charge is -2.01. The van der Waals surface area contributed by atoms with Crippen LogP contribution in [0.1, 0.15) is 6.92 Å². The van der Waals surface area contributed by atoms with Gasteiger partial charge in [-0.15, -0.1) is 0 Å². The number of ether oxygens (including phenoxy) is 2. The molecule has 0 spiro atoms. The van der Waals surface area contributed by atoms with Crippen molar-refractivity contribution >= 4 is 17.5 Å². The van der Waals surface area contributed by atoms with Crippen LogP contribution in [0.5, 0.6) is 5.88 Å². The Bertz CT molecular complexity index is 235. The Hall–Kier alpha value is -1.10. The molecule has 66 valence electrons. The average Bonchev–Trinajstić information content (AvgIpc) is 2.53. The second-order valence-electron chi connectivity index (χ2n) is 1.93. The minimum Gasteiger partial charge on any atom is -0.465 e. The molecule has 0 bridgehead atoms. The molecule has 0 fully saturated rings. The fourth-order valence-corrected chi connectivity index (χ4v) is 1.07. The van der Waals surface area contributed by atoms with Crippen LogP contribution in [0, 0.1) is 0 Å². The Morgan fingerprint density at radius 1 is 1.75 bits per heavy atom. The first-order valence-corrected chi connectivity index (χ1v) is 4.35. The largest absolute Gasteiger partial charge is 0.465 e. The first-order valence-electron chi connectivity index (χ1n) is 3.51. The van der Waals surface area contributed by atoms with Crippen molar-refractivity contribution in [3.63, 3.8) is 0 Å². The molecule has 1 heterocycles. The molecule has 0 aliphatic heterocycles. The number of rotatable bonds is 4. The van der Waals surface area contributed by atoms with Gasteiger partial charge in [-0.25, -0.2) is 4.79 Å². The standard InChI is InChI=1S/C7H9NO3S/c1-2-10-7(9)5-11-6-3-4-12-8-6/h3-4H,2,5H2,1H3. The molecule has 12 heavy (non-hydrogen) atoms. The van der Waals surface area contributed by atoms with Gasteiger partial charge in [-0.1, -0.05) is 0 Å². The Morgan fingerprint density at radius 3 is 3.17 bits per heavy atom. The van der Waals surface area contributed by atoms with Gasteiger partial charge in [0.1, 0.15) is 0 Å². The van der Waals surface area contributed by atoms with E-state index in [-0.39, 0.29) is 12.6 Å². The number of carbonyl (C=O) groups excluding carboxylic acids is 1. The third-order valence-corrected chi connectivity index (χ3v) is 1.60. The lowest BCUT2D eigenvalue weighted by molar-refractivity contribution is -0.145. The Morgan fingerprint density at radius 2 is 2.58 bits per heavy atom. The predicted octanol–water partition coefficient (Wildman–Crippen LogP) is 1.08. The van der Waals surface area contributed by atoms with E-state index in [2.05, 4.69) is 9.11 Å². The number of esters is 1. The smallest absolute Gasteiger partial charge is 0.344 e. The normalized spacial score (nSPS) is 9.42. The molecule has 0 atom stereocenters. The molecule has 0 radical (unpaired) electrons. The molecule has 4 nitrogen and oxygen atoms in total. The first kappa shape index (κ1) is 8.99. The van der Waals surface area contributed by atoms with Crippen molar-refractivity contribution in [3.8, 4) is 5.88 Å². The van der Waals surface area contributed by atoms with Gasteiger partial charge in [0.2, 0.25) is 5.88 Å². The molecule has 0 unspecified atom stereocenters. The third kappa shape index (κ3) is 2.87. The summed E-state index contributed by atoms with van der Waals surface area (Å²) in [4.78, 5) is 10.8. The molecule has 0 aliphatic carbocycles. The van der Waals surface area contributed by atoms with Crippen LogP contribution in [0.25, 0.3) is 0 Å². The lowest BCUT2D eigenvalue weighted by atomic mass is 10.7. The summed E-state index contributed by atoms with van der Waals surface area (Å²) >= 11 is 1.28. The molecule has 0 aromatic carbocycles. The number of aromatic nitrogens is 1. The first-order chi connectivity index (χ1) is 5.83. The van der Waals surface area contributed by atoms with Crippen LogP contribution >= 0.6 is 11.5 Å². The number of hydrogen-bond acceptors (Lipinski definition) is 5. The van der Waals surface area contributed by atoms with Crippen LogP contribution in [0.3, 0.4) is 0 Å². The van der Waals surface area contributed by atoms with Gasteiger partial charge in [0.05, 0.1) is 6.61 Å². The van der Waals surface area contributed by atoms with Crippen molar-refractivity contribution < 1.29 is 14.3 Å². The molecule has 5 heteroatoms. The van der Waals surface area contributed by atoms with Crippen molar-refractivity contribution in [2.75, 3.05) is 13.2 Å². The zero-order valence-corrected chi connectivity index (χ0v) is 7.47. The van der Waals surface area contributed by atoms with E-state index in [0.29, 0.717) is 12.5 Å². The van der Waals surface area contributed by atoms with Crippen LogP contribution in [0.4, 0.5) is 0 Å². The van der Waals surface area contributed by atoms with Gasteiger partial charge in [0, 0.05) is 11.4 Å². The van der Waals surface area contributed by atoms with E-state index in [9.17, 15) is 4.79 Å². The highest BCUT2D eigenvalue weighted by atomic mass is 32.1. The number of carbonyl (C=O) groups is 1. The molecule has 0 N–H and O–H groups in total. The van der Waals surface area contributed by atoms with Gasteiger partial charge >= 0.3 is 5.97 Å². The topological polar surface area (TPSA) is 48.4 Å². The zero-order chi connectivity index (χ0) is 8.81. The van der Waals surface area contributed by atoms with E-state index in [1.54, 1.807) is 18.4 Å². The average molecular weight is 187 g/mol. The summed E-state index contributed by atoms with van der Waals surface area (Å²) in [7, 11) is 0. The van der Waals surface area contributed by atoms with Crippen LogP contribution in [0.15, 0.2) is 11.4 Å². The Labute approximate surface area is 74.3 Å². The van der Waals surface area contributed by atoms with Gasteiger partial charge in [-0.2, -0.15) is 4.37 Å². The van der Waals surface area contributed by atoms with E-state index < -0.39 is 0 Å². The number of nitrogens with zero attached hydrogens (tertiary/aromatic N) is 1. The summed E-state index contributed by atoms with van der Waals surface area (Å²) in [6.45, 7) is 2.05. The molecule has 1 aromatic rings.